The number of benzene rings is 1. The Labute approximate surface area is 121 Å². The van der Waals surface area contributed by atoms with Gasteiger partial charge in [0.25, 0.3) is 5.69 Å². The third kappa shape index (κ3) is 4.52. The lowest BCUT2D eigenvalue weighted by molar-refractivity contribution is -0.384. The van der Waals surface area contributed by atoms with Crippen LogP contribution in [0.2, 0.25) is 0 Å². The molecule has 0 aromatic heterocycles. The lowest BCUT2D eigenvalue weighted by atomic mass is 9.98. The zero-order valence-corrected chi connectivity index (χ0v) is 11.9. The van der Waals surface area contributed by atoms with E-state index in [2.05, 4.69) is 0 Å². The normalized spacial score (nSPS) is 15.8. The van der Waals surface area contributed by atoms with Gasteiger partial charge in [-0.1, -0.05) is 6.42 Å². The summed E-state index contributed by atoms with van der Waals surface area (Å²) in [6.45, 7) is 0. The van der Waals surface area contributed by atoms with Gasteiger partial charge >= 0.3 is 5.97 Å². The Morgan fingerprint density at radius 1 is 1.25 bits per heavy atom. The smallest absolute Gasteiger partial charge is 0.316 e. The summed E-state index contributed by atoms with van der Waals surface area (Å²) in [7, 11) is 0. The number of hydrogen-bond donors (Lipinski definition) is 0. The zero-order valence-electron chi connectivity index (χ0n) is 11.1. The summed E-state index contributed by atoms with van der Waals surface area (Å²) in [6.07, 6.45) is 5.50. The van der Waals surface area contributed by atoms with Crippen molar-refractivity contribution in [1.82, 2.24) is 0 Å². The van der Waals surface area contributed by atoms with Crippen LogP contribution in [0.25, 0.3) is 0 Å². The van der Waals surface area contributed by atoms with Crippen LogP contribution in [0.4, 0.5) is 5.69 Å². The molecule has 0 radical (unpaired) electrons. The Hall–Kier alpha value is -1.56. The van der Waals surface area contributed by atoms with Crippen LogP contribution in [0.1, 0.15) is 32.1 Å². The number of carbonyl (C=O) groups is 1. The third-order valence-electron chi connectivity index (χ3n) is 3.25. The summed E-state index contributed by atoms with van der Waals surface area (Å²) in [5, 5.41) is 10.5. The highest BCUT2D eigenvalue weighted by Gasteiger charge is 2.17. The fourth-order valence-electron chi connectivity index (χ4n) is 2.21. The Morgan fingerprint density at radius 2 is 1.90 bits per heavy atom. The number of carbonyl (C=O) groups excluding carboxylic acids is 1. The molecule has 1 aromatic carbocycles. The van der Waals surface area contributed by atoms with Crippen LogP contribution in [-0.4, -0.2) is 22.7 Å². The van der Waals surface area contributed by atoms with E-state index >= 15 is 0 Å². The van der Waals surface area contributed by atoms with Gasteiger partial charge in [0, 0.05) is 17.0 Å². The highest BCUT2D eigenvalue weighted by Crippen LogP contribution is 2.23. The van der Waals surface area contributed by atoms with Crippen molar-refractivity contribution >= 4 is 23.4 Å². The van der Waals surface area contributed by atoms with Crippen LogP contribution in [0.3, 0.4) is 0 Å². The molecule has 1 aromatic rings. The van der Waals surface area contributed by atoms with Crippen molar-refractivity contribution in [1.29, 1.82) is 0 Å². The number of hydrogen-bond acceptors (Lipinski definition) is 5. The minimum Gasteiger partial charge on any atom is -0.462 e. The second-order valence-corrected chi connectivity index (χ2v) is 5.84. The van der Waals surface area contributed by atoms with Gasteiger partial charge in [-0.05, 0) is 37.8 Å². The van der Waals surface area contributed by atoms with Crippen molar-refractivity contribution in [3.63, 3.8) is 0 Å². The highest BCUT2D eigenvalue weighted by molar-refractivity contribution is 8.00. The van der Waals surface area contributed by atoms with E-state index in [4.69, 9.17) is 4.74 Å². The Morgan fingerprint density at radius 3 is 2.50 bits per heavy atom. The predicted octanol–water partition coefficient (Wildman–Crippen LogP) is 3.56. The first-order chi connectivity index (χ1) is 9.65. The van der Waals surface area contributed by atoms with Crippen LogP contribution in [0.5, 0.6) is 0 Å². The van der Waals surface area contributed by atoms with Gasteiger partial charge in [-0.25, -0.2) is 0 Å². The number of non-ortho nitro benzene ring substituents is 1. The topological polar surface area (TPSA) is 69.4 Å². The van der Waals surface area contributed by atoms with Crippen LogP contribution in [-0.2, 0) is 9.53 Å². The van der Waals surface area contributed by atoms with E-state index in [1.807, 2.05) is 0 Å². The molecule has 0 N–H and O–H groups in total. The van der Waals surface area contributed by atoms with E-state index in [9.17, 15) is 14.9 Å². The molecule has 5 nitrogen and oxygen atoms in total. The number of ether oxygens (including phenoxy) is 1. The molecular formula is C14H17NO4S. The van der Waals surface area contributed by atoms with Crippen LogP contribution < -0.4 is 0 Å². The molecule has 1 fully saturated rings. The van der Waals surface area contributed by atoms with Crippen molar-refractivity contribution in [3.05, 3.63) is 34.4 Å². The van der Waals surface area contributed by atoms with Crippen molar-refractivity contribution in [3.8, 4) is 0 Å². The first-order valence-electron chi connectivity index (χ1n) is 6.72. The van der Waals surface area contributed by atoms with E-state index in [-0.39, 0.29) is 23.5 Å². The van der Waals surface area contributed by atoms with E-state index in [1.165, 1.54) is 30.3 Å². The Bertz CT molecular complexity index is 469. The average molecular weight is 295 g/mol. The summed E-state index contributed by atoms with van der Waals surface area (Å²) >= 11 is 1.34. The van der Waals surface area contributed by atoms with Crippen LogP contribution in [0, 0.1) is 10.1 Å². The van der Waals surface area contributed by atoms with Crippen molar-refractivity contribution in [2.24, 2.45) is 0 Å². The quantitative estimate of drug-likeness (QED) is 0.359. The summed E-state index contributed by atoms with van der Waals surface area (Å²) in [4.78, 5) is 22.6. The van der Waals surface area contributed by atoms with Gasteiger partial charge < -0.3 is 4.74 Å². The number of nitro groups is 1. The number of nitro benzene ring substituents is 1. The molecule has 0 bridgehead atoms. The second-order valence-electron chi connectivity index (χ2n) is 4.79. The zero-order chi connectivity index (χ0) is 14.4. The standard InChI is InChI=1S/C14H17NO4S/c16-14(19-12-4-2-1-3-5-12)10-20-13-8-6-11(7-9-13)15(17)18/h6-9,12H,1-5,10H2. The van der Waals surface area contributed by atoms with Crippen LogP contribution in [0.15, 0.2) is 29.2 Å². The summed E-state index contributed by atoms with van der Waals surface area (Å²) in [5.41, 5.74) is 0.0548. The molecule has 20 heavy (non-hydrogen) atoms. The van der Waals surface area contributed by atoms with Crippen molar-refractivity contribution < 1.29 is 14.5 Å². The van der Waals surface area contributed by atoms with E-state index in [0.717, 1.165) is 30.6 Å². The molecule has 0 unspecified atom stereocenters. The van der Waals surface area contributed by atoms with E-state index in [0.29, 0.717) is 0 Å². The molecule has 0 saturated heterocycles. The molecule has 0 atom stereocenters. The molecule has 1 aliphatic carbocycles. The molecule has 6 heteroatoms. The van der Waals surface area contributed by atoms with Crippen LogP contribution >= 0.6 is 11.8 Å². The van der Waals surface area contributed by atoms with Crippen molar-refractivity contribution in [2.45, 2.75) is 43.1 Å². The molecule has 1 saturated carbocycles. The van der Waals surface area contributed by atoms with Gasteiger partial charge in [0.05, 0.1) is 10.7 Å². The van der Waals surface area contributed by atoms with Gasteiger partial charge in [0.1, 0.15) is 6.10 Å². The predicted molar refractivity (Wildman–Crippen MR) is 76.8 cm³/mol. The average Bonchev–Trinajstić information content (AvgIpc) is 2.46. The van der Waals surface area contributed by atoms with Crippen molar-refractivity contribution in [2.75, 3.05) is 5.75 Å². The number of thioether (sulfide) groups is 1. The molecule has 0 heterocycles. The molecular weight excluding hydrogens is 278 g/mol. The maximum absolute atomic E-state index is 11.7. The van der Waals surface area contributed by atoms with Gasteiger partial charge in [0.2, 0.25) is 0 Å². The number of rotatable bonds is 5. The van der Waals surface area contributed by atoms with E-state index in [1.54, 1.807) is 12.1 Å². The molecule has 0 spiro atoms. The minimum absolute atomic E-state index is 0.0548. The van der Waals surface area contributed by atoms with Gasteiger partial charge in [0.15, 0.2) is 0 Å². The summed E-state index contributed by atoms with van der Waals surface area (Å²) < 4.78 is 5.41. The first kappa shape index (κ1) is 14.8. The fraction of sp³-hybridized carbons (Fsp3) is 0.500. The molecule has 1 aliphatic rings. The lowest BCUT2D eigenvalue weighted by Crippen LogP contribution is -2.21. The number of nitrogens with zero attached hydrogens (tertiary/aromatic N) is 1. The van der Waals surface area contributed by atoms with Gasteiger partial charge in [-0.3, -0.25) is 14.9 Å². The minimum atomic E-state index is -0.439. The maximum atomic E-state index is 11.7. The monoisotopic (exact) mass is 295 g/mol. The maximum Gasteiger partial charge on any atom is 0.316 e. The molecule has 0 amide bonds. The summed E-state index contributed by atoms with van der Waals surface area (Å²) in [5.74, 6) is 0.0363. The Kier molecular flexibility index (Phi) is 5.40. The second kappa shape index (κ2) is 7.28. The highest BCUT2D eigenvalue weighted by atomic mass is 32.2. The fourth-order valence-corrected chi connectivity index (χ4v) is 2.89. The molecule has 108 valence electrons. The first-order valence-corrected chi connectivity index (χ1v) is 7.70. The van der Waals surface area contributed by atoms with Gasteiger partial charge in [-0.2, -0.15) is 0 Å². The summed E-state index contributed by atoms with van der Waals surface area (Å²) in [6, 6.07) is 6.18. The third-order valence-corrected chi connectivity index (χ3v) is 4.24. The Balaban J connectivity index is 1.76. The largest absolute Gasteiger partial charge is 0.462 e. The molecule has 0 aliphatic heterocycles. The van der Waals surface area contributed by atoms with E-state index < -0.39 is 4.92 Å². The lowest BCUT2D eigenvalue weighted by Gasteiger charge is -2.21. The number of esters is 1. The molecule has 2 rings (SSSR count). The van der Waals surface area contributed by atoms with Gasteiger partial charge in [-0.15, -0.1) is 11.8 Å². The SMILES string of the molecule is O=C(CSc1ccc([N+](=O)[O-])cc1)OC1CCCCC1.